The summed E-state index contributed by atoms with van der Waals surface area (Å²) in [6, 6.07) is -0.203. The van der Waals surface area contributed by atoms with Gasteiger partial charge in [-0.15, -0.1) is 11.3 Å². The van der Waals surface area contributed by atoms with E-state index in [1.54, 1.807) is 0 Å². The zero-order valence-electron chi connectivity index (χ0n) is 14.2. The van der Waals surface area contributed by atoms with Gasteiger partial charge >= 0.3 is 6.03 Å². The van der Waals surface area contributed by atoms with E-state index in [0.717, 1.165) is 19.3 Å². The molecular weight excluding hydrogens is 310 g/mol. The number of urea groups is 1. The first kappa shape index (κ1) is 18.2. The van der Waals surface area contributed by atoms with Crippen molar-refractivity contribution in [2.45, 2.75) is 64.9 Å². The molecule has 1 aromatic rings. The van der Waals surface area contributed by atoms with Gasteiger partial charge in [0.1, 0.15) is 0 Å². The first-order chi connectivity index (χ1) is 11.0. The minimum atomic E-state index is -0.470. The van der Waals surface area contributed by atoms with E-state index in [-0.39, 0.29) is 6.03 Å². The fraction of sp³-hybridized carbons (Fsp3) is 0.765. The van der Waals surface area contributed by atoms with E-state index in [9.17, 15) is 9.90 Å². The van der Waals surface area contributed by atoms with E-state index in [1.807, 2.05) is 11.3 Å². The van der Waals surface area contributed by atoms with Crippen molar-refractivity contribution in [1.82, 2.24) is 15.6 Å². The van der Waals surface area contributed by atoms with Crippen molar-refractivity contribution in [2.75, 3.05) is 13.1 Å². The summed E-state index contributed by atoms with van der Waals surface area (Å²) < 4.78 is 0. The molecule has 0 aromatic carbocycles. The lowest BCUT2D eigenvalue weighted by Gasteiger charge is -2.14. The fourth-order valence-electron chi connectivity index (χ4n) is 2.85. The van der Waals surface area contributed by atoms with Crippen molar-refractivity contribution in [3.8, 4) is 0 Å². The van der Waals surface area contributed by atoms with Crippen LogP contribution in [-0.4, -0.2) is 35.3 Å². The van der Waals surface area contributed by atoms with Gasteiger partial charge in [0.15, 0.2) is 0 Å². The van der Waals surface area contributed by atoms with Crippen molar-refractivity contribution >= 4 is 17.4 Å². The van der Waals surface area contributed by atoms with Crippen molar-refractivity contribution in [2.24, 2.45) is 5.92 Å². The SMILES string of the molecule is CC(C)CC(O)CNC(=O)NCCCc1nc2c(s1)CCCC2. The van der Waals surface area contributed by atoms with Crippen LogP contribution in [0.4, 0.5) is 4.79 Å². The van der Waals surface area contributed by atoms with Gasteiger partial charge in [0.25, 0.3) is 0 Å². The Morgan fingerprint density at radius 3 is 2.83 bits per heavy atom. The molecule has 5 nitrogen and oxygen atoms in total. The van der Waals surface area contributed by atoms with Gasteiger partial charge in [0.05, 0.1) is 16.8 Å². The molecule has 3 N–H and O–H groups in total. The van der Waals surface area contributed by atoms with Crippen LogP contribution in [0, 0.1) is 5.92 Å². The Hall–Kier alpha value is -1.14. The highest BCUT2D eigenvalue weighted by Gasteiger charge is 2.14. The van der Waals surface area contributed by atoms with E-state index in [2.05, 4.69) is 24.5 Å². The second kappa shape index (κ2) is 9.23. The molecule has 2 rings (SSSR count). The largest absolute Gasteiger partial charge is 0.391 e. The summed E-state index contributed by atoms with van der Waals surface area (Å²) in [5.41, 5.74) is 1.31. The number of hydrogen-bond acceptors (Lipinski definition) is 4. The van der Waals surface area contributed by atoms with Crippen LogP contribution in [0.3, 0.4) is 0 Å². The van der Waals surface area contributed by atoms with Gasteiger partial charge in [0, 0.05) is 24.4 Å². The van der Waals surface area contributed by atoms with Gasteiger partial charge in [-0.05, 0) is 44.4 Å². The summed E-state index contributed by atoms with van der Waals surface area (Å²) in [6.45, 7) is 5.05. The number of carbonyl (C=O) groups excluding carboxylic acids is 1. The second-order valence-electron chi connectivity index (χ2n) is 6.71. The Kier molecular flexibility index (Phi) is 7.30. The highest BCUT2D eigenvalue weighted by molar-refractivity contribution is 7.11. The van der Waals surface area contributed by atoms with Crippen molar-refractivity contribution in [1.29, 1.82) is 0 Å². The molecule has 1 aliphatic carbocycles. The minimum Gasteiger partial charge on any atom is -0.391 e. The van der Waals surface area contributed by atoms with E-state index in [1.165, 1.54) is 34.8 Å². The number of hydrogen-bond donors (Lipinski definition) is 3. The number of aliphatic hydroxyl groups is 1. The lowest BCUT2D eigenvalue weighted by molar-refractivity contribution is 0.147. The summed E-state index contributed by atoms with van der Waals surface area (Å²) in [5.74, 6) is 0.430. The number of fused-ring (bicyclic) bond motifs is 1. The first-order valence-electron chi connectivity index (χ1n) is 8.71. The molecule has 1 atom stereocenters. The number of nitrogens with one attached hydrogen (secondary N) is 2. The third-order valence-corrected chi connectivity index (χ3v) is 5.20. The zero-order valence-corrected chi connectivity index (χ0v) is 15.0. The second-order valence-corrected chi connectivity index (χ2v) is 7.88. The van der Waals surface area contributed by atoms with E-state index in [4.69, 9.17) is 4.98 Å². The highest BCUT2D eigenvalue weighted by Crippen LogP contribution is 2.27. The molecule has 1 aromatic heterocycles. The van der Waals surface area contributed by atoms with Gasteiger partial charge in [-0.1, -0.05) is 13.8 Å². The molecule has 6 heteroatoms. The van der Waals surface area contributed by atoms with Gasteiger partial charge in [-0.3, -0.25) is 0 Å². The van der Waals surface area contributed by atoms with Crippen LogP contribution in [0.15, 0.2) is 0 Å². The van der Waals surface area contributed by atoms with Crippen LogP contribution >= 0.6 is 11.3 Å². The fourth-order valence-corrected chi connectivity index (χ4v) is 4.05. The molecule has 0 bridgehead atoms. The van der Waals surface area contributed by atoms with Crippen LogP contribution in [-0.2, 0) is 19.3 Å². The molecule has 0 aliphatic heterocycles. The molecule has 23 heavy (non-hydrogen) atoms. The Morgan fingerprint density at radius 1 is 1.30 bits per heavy atom. The van der Waals surface area contributed by atoms with Crippen LogP contribution in [0.5, 0.6) is 0 Å². The maximum absolute atomic E-state index is 11.7. The van der Waals surface area contributed by atoms with Gasteiger partial charge in [-0.2, -0.15) is 0 Å². The minimum absolute atomic E-state index is 0.203. The number of carbonyl (C=O) groups is 1. The molecular formula is C17H29N3O2S. The molecule has 2 amide bonds. The van der Waals surface area contributed by atoms with Gasteiger partial charge < -0.3 is 15.7 Å². The molecule has 0 spiro atoms. The number of amides is 2. The van der Waals surface area contributed by atoms with E-state index >= 15 is 0 Å². The lowest BCUT2D eigenvalue weighted by atomic mass is 10.0. The van der Waals surface area contributed by atoms with Gasteiger partial charge in [0.2, 0.25) is 0 Å². The van der Waals surface area contributed by atoms with Crippen molar-refractivity contribution in [3.05, 3.63) is 15.6 Å². The smallest absolute Gasteiger partial charge is 0.314 e. The lowest BCUT2D eigenvalue weighted by Crippen LogP contribution is -2.40. The normalized spacial score (nSPS) is 15.3. The van der Waals surface area contributed by atoms with Crippen molar-refractivity contribution in [3.63, 3.8) is 0 Å². The number of thiazole rings is 1. The number of aromatic nitrogens is 1. The first-order valence-corrected chi connectivity index (χ1v) is 9.53. The quantitative estimate of drug-likeness (QED) is 0.638. The van der Waals surface area contributed by atoms with Gasteiger partial charge in [-0.25, -0.2) is 9.78 Å². The summed E-state index contributed by atoms with van der Waals surface area (Å²) in [7, 11) is 0. The van der Waals surface area contributed by atoms with Crippen molar-refractivity contribution < 1.29 is 9.90 Å². The number of rotatable bonds is 8. The predicted molar refractivity (Wildman–Crippen MR) is 93.9 cm³/mol. The third-order valence-electron chi connectivity index (χ3n) is 3.98. The molecule has 0 saturated carbocycles. The highest BCUT2D eigenvalue weighted by atomic mass is 32.1. The monoisotopic (exact) mass is 339 g/mol. The molecule has 1 aliphatic rings. The zero-order chi connectivity index (χ0) is 16.7. The number of aliphatic hydroxyl groups excluding tert-OH is 1. The maximum Gasteiger partial charge on any atom is 0.314 e. The Labute approximate surface area is 142 Å². The van der Waals surface area contributed by atoms with Crippen LogP contribution in [0.25, 0.3) is 0 Å². The predicted octanol–water partition coefficient (Wildman–Crippen LogP) is 2.66. The van der Waals surface area contributed by atoms with E-state index < -0.39 is 6.10 Å². The summed E-state index contributed by atoms with van der Waals surface area (Å²) >= 11 is 1.84. The van der Waals surface area contributed by atoms with Crippen LogP contribution in [0.1, 0.15) is 55.1 Å². The molecule has 0 fully saturated rings. The summed E-state index contributed by atoms with van der Waals surface area (Å²) in [6.07, 6.45) is 6.93. The Bertz CT molecular complexity index is 479. The molecule has 1 unspecified atom stereocenters. The molecule has 1 heterocycles. The molecule has 0 saturated heterocycles. The maximum atomic E-state index is 11.7. The van der Waals surface area contributed by atoms with Crippen LogP contribution < -0.4 is 10.6 Å². The Morgan fingerprint density at radius 2 is 2.09 bits per heavy atom. The van der Waals surface area contributed by atoms with Crippen LogP contribution in [0.2, 0.25) is 0 Å². The number of aryl methyl sites for hydroxylation is 3. The summed E-state index contributed by atoms with van der Waals surface area (Å²) in [5, 5.41) is 16.5. The molecule has 0 radical (unpaired) electrons. The average Bonchev–Trinajstić information content (AvgIpc) is 2.91. The van der Waals surface area contributed by atoms with E-state index in [0.29, 0.717) is 25.4 Å². The Balaban J connectivity index is 1.58. The standard InChI is InChI=1S/C17H29N3O2S/c1-12(2)10-13(21)11-19-17(22)18-9-5-8-16-20-14-6-3-4-7-15(14)23-16/h12-13,21H,3-11H2,1-2H3,(H2,18,19,22). The summed E-state index contributed by atoms with van der Waals surface area (Å²) in [4.78, 5) is 17.8. The molecule has 130 valence electrons. The average molecular weight is 340 g/mol. The number of nitrogens with zero attached hydrogens (tertiary/aromatic N) is 1. The topological polar surface area (TPSA) is 74.2 Å². The third kappa shape index (κ3) is 6.47.